The molecule has 0 aliphatic heterocycles. The molecule has 2 nitrogen and oxygen atoms in total. The average molecular weight is 258 g/mol. The average Bonchev–Trinajstić information content (AvgIpc) is 2.86. The van der Waals surface area contributed by atoms with Crippen LogP contribution in [-0.4, -0.2) is 4.98 Å². The fourth-order valence-electron chi connectivity index (χ4n) is 3.09. The number of pyridine rings is 1. The lowest BCUT2D eigenvalue weighted by Gasteiger charge is -2.12. The Balaban J connectivity index is 2.00. The predicted octanol–water partition coefficient (Wildman–Crippen LogP) is 3.90. The predicted molar refractivity (Wildman–Crippen MR) is 82.3 cm³/mol. The van der Waals surface area contributed by atoms with E-state index in [-0.39, 0.29) is 0 Å². The number of hydrogen-bond donors (Lipinski definition) is 1. The molecule has 0 bridgehead atoms. The second kappa shape index (κ2) is 4.20. The van der Waals surface area contributed by atoms with Crippen LogP contribution in [0.2, 0.25) is 0 Å². The number of hydrogen-bond acceptors (Lipinski definition) is 2. The van der Waals surface area contributed by atoms with Crippen LogP contribution >= 0.6 is 0 Å². The molecule has 2 N–H and O–H groups in total. The Hall–Kier alpha value is -2.61. The lowest BCUT2D eigenvalue weighted by Crippen LogP contribution is -1.95. The van der Waals surface area contributed by atoms with Crippen LogP contribution in [0.3, 0.4) is 0 Å². The third-order valence-corrected chi connectivity index (χ3v) is 3.99. The summed E-state index contributed by atoms with van der Waals surface area (Å²) in [5.74, 6) is 0. The number of aromatic nitrogens is 1. The van der Waals surface area contributed by atoms with Crippen LogP contribution in [0.1, 0.15) is 11.1 Å². The first-order chi connectivity index (χ1) is 9.84. The van der Waals surface area contributed by atoms with Gasteiger partial charge in [-0.15, -0.1) is 0 Å². The molecule has 1 heterocycles. The summed E-state index contributed by atoms with van der Waals surface area (Å²) in [4.78, 5) is 4.09. The number of nitrogens with zero attached hydrogens (tertiary/aromatic N) is 1. The molecule has 0 atom stereocenters. The summed E-state index contributed by atoms with van der Waals surface area (Å²) >= 11 is 0. The Morgan fingerprint density at radius 3 is 2.50 bits per heavy atom. The number of nitrogens with two attached hydrogens (primary N) is 1. The van der Waals surface area contributed by atoms with Gasteiger partial charge < -0.3 is 5.73 Å². The highest BCUT2D eigenvalue weighted by molar-refractivity contribution is 5.90. The highest BCUT2D eigenvalue weighted by atomic mass is 14.6. The van der Waals surface area contributed by atoms with Gasteiger partial charge in [-0.05, 0) is 52.4 Å². The molecule has 2 heteroatoms. The third-order valence-electron chi connectivity index (χ3n) is 3.99. The van der Waals surface area contributed by atoms with Gasteiger partial charge >= 0.3 is 0 Å². The molecule has 0 unspecified atom stereocenters. The molecule has 3 aromatic rings. The van der Waals surface area contributed by atoms with E-state index < -0.39 is 0 Å². The summed E-state index contributed by atoms with van der Waals surface area (Å²) in [6.45, 7) is 0. The fraction of sp³-hybridized carbons (Fsp3) is 0.0556. The van der Waals surface area contributed by atoms with E-state index >= 15 is 0 Å². The van der Waals surface area contributed by atoms with Crippen molar-refractivity contribution in [1.82, 2.24) is 4.98 Å². The van der Waals surface area contributed by atoms with E-state index in [1.165, 1.54) is 22.3 Å². The maximum Gasteiger partial charge on any atom is 0.0397 e. The number of rotatable bonds is 1. The van der Waals surface area contributed by atoms with Crippen LogP contribution in [-0.2, 0) is 6.42 Å². The molecule has 0 saturated carbocycles. The van der Waals surface area contributed by atoms with Gasteiger partial charge in [-0.25, -0.2) is 0 Å². The molecule has 0 amide bonds. The van der Waals surface area contributed by atoms with Crippen LogP contribution < -0.4 is 5.73 Å². The molecular formula is C18H14N2. The molecule has 4 rings (SSSR count). The fourth-order valence-corrected chi connectivity index (χ4v) is 3.09. The standard InChI is InChI=1S/C18H14N2/c19-17-6-5-15-14-4-2-1-3-13(14)11-16(15)18(17)12-7-9-20-10-8-12/h1-10H,11,19H2. The highest BCUT2D eigenvalue weighted by Gasteiger charge is 2.22. The number of benzene rings is 2. The van der Waals surface area contributed by atoms with E-state index in [2.05, 4.69) is 35.3 Å². The van der Waals surface area contributed by atoms with Gasteiger partial charge in [0.2, 0.25) is 0 Å². The monoisotopic (exact) mass is 258 g/mol. The Morgan fingerprint density at radius 1 is 0.850 bits per heavy atom. The second-order valence-electron chi connectivity index (χ2n) is 5.13. The summed E-state index contributed by atoms with van der Waals surface area (Å²) in [5, 5.41) is 0. The van der Waals surface area contributed by atoms with E-state index in [0.717, 1.165) is 23.2 Å². The van der Waals surface area contributed by atoms with Crippen molar-refractivity contribution in [3.63, 3.8) is 0 Å². The first-order valence-electron chi connectivity index (χ1n) is 6.74. The van der Waals surface area contributed by atoms with Crippen molar-refractivity contribution in [2.24, 2.45) is 0 Å². The van der Waals surface area contributed by atoms with Gasteiger partial charge in [0.1, 0.15) is 0 Å². The number of fused-ring (bicyclic) bond motifs is 3. The van der Waals surface area contributed by atoms with E-state index in [1.54, 1.807) is 0 Å². The SMILES string of the molecule is Nc1ccc2c(c1-c1ccncc1)Cc1ccccc1-2. The molecule has 1 aliphatic carbocycles. The third kappa shape index (κ3) is 1.55. The molecule has 2 aromatic carbocycles. The molecule has 20 heavy (non-hydrogen) atoms. The Kier molecular flexibility index (Phi) is 2.36. The van der Waals surface area contributed by atoms with E-state index in [0.29, 0.717) is 0 Å². The number of anilines is 1. The Morgan fingerprint density at radius 2 is 1.65 bits per heavy atom. The Bertz CT molecular complexity index is 792. The van der Waals surface area contributed by atoms with E-state index in [9.17, 15) is 0 Å². The zero-order valence-electron chi connectivity index (χ0n) is 11.0. The normalized spacial score (nSPS) is 12.0. The van der Waals surface area contributed by atoms with Crippen LogP contribution in [0.4, 0.5) is 5.69 Å². The quantitative estimate of drug-likeness (QED) is 0.526. The molecule has 0 fully saturated rings. The minimum Gasteiger partial charge on any atom is -0.398 e. The lowest BCUT2D eigenvalue weighted by atomic mass is 9.94. The first-order valence-corrected chi connectivity index (χ1v) is 6.74. The van der Waals surface area contributed by atoms with Crippen LogP contribution in [0.5, 0.6) is 0 Å². The van der Waals surface area contributed by atoms with Crippen molar-refractivity contribution in [1.29, 1.82) is 0 Å². The van der Waals surface area contributed by atoms with Crippen LogP contribution in [0, 0.1) is 0 Å². The largest absolute Gasteiger partial charge is 0.398 e. The summed E-state index contributed by atoms with van der Waals surface area (Å²) in [6.07, 6.45) is 4.58. The van der Waals surface area contributed by atoms with Gasteiger partial charge in [0.15, 0.2) is 0 Å². The van der Waals surface area contributed by atoms with Gasteiger partial charge in [0, 0.05) is 23.6 Å². The van der Waals surface area contributed by atoms with Crippen molar-refractivity contribution >= 4 is 5.69 Å². The molecular weight excluding hydrogens is 244 g/mol. The molecule has 1 aromatic heterocycles. The smallest absolute Gasteiger partial charge is 0.0397 e. The topological polar surface area (TPSA) is 38.9 Å². The summed E-state index contributed by atoms with van der Waals surface area (Å²) in [5.41, 5.74) is 14.7. The van der Waals surface area contributed by atoms with E-state index in [4.69, 9.17) is 5.73 Å². The Labute approximate surface area is 117 Å². The zero-order valence-corrected chi connectivity index (χ0v) is 11.0. The van der Waals surface area contributed by atoms with Gasteiger partial charge in [-0.1, -0.05) is 30.3 Å². The molecule has 0 spiro atoms. The molecule has 0 radical (unpaired) electrons. The van der Waals surface area contributed by atoms with Gasteiger partial charge in [0.05, 0.1) is 0 Å². The summed E-state index contributed by atoms with van der Waals surface area (Å²) < 4.78 is 0. The van der Waals surface area contributed by atoms with Crippen molar-refractivity contribution in [2.45, 2.75) is 6.42 Å². The lowest BCUT2D eigenvalue weighted by molar-refractivity contribution is 1.26. The summed E-state index contributed by atoms with van der Waals surface area (Å²) in [6, 6.07) is 16.8. The van der Waals surface area contributed by atoms with Crippen LogP contribution in [0.15, 0.2) is 60.9 Å². The minimum atomic E-state index is 0.836. The highest BCUT2D eigenvalue weighted by Crippen LogP contribution is 2.43. The zero-order chi connectivity index (χ0) is 13.5. The molecule has 1 aliphatic rings. The van der Waals surface area contributed by atoms with Crippen LogP contribution in [0.25, 0.3) is 22.3 Å². The van der Waals surface area contributed by atoms with Gasteiger partial charge in [-0.3, -0.25) is 4.98 Å². The van der Waals surface area contributed by atoms with Crippen molar-refractivity contribution in [3.05, 3.63) is 72.1 Å². The maximum atomic E-state index is 6.24. The van der Waals surface area contributed by atoms with E-state index in [1.807, 2.05) is 30.6 Å². The van der Waals surface area contributed by atoms with Crippen molar-refractivity contribution in [2.75, 3.05) is 5.73 Å². The number of nitrogen functional groups attached to an aromatic ring is 1. The second-order valence-corrected chi connectivity index (χ2v) is 5.13. The molecule has 0 saturated heterocycles. The van der Waals surface area contributed by atoms with Crippen molar-refractivity contribution in [3.8, 4) is 22.3 Å². The van der Waals surface area contributed by atoms with Crippen molar-refractivity contribution < 1.29 is 0 Å². The maximum absolute atomic E-state index is 6.24. The minimum absolute atomic E-state index is 0.836. The molecule has 96 valence electrons. The van der Waals surface area contributed by atoms with Gasteiger partial charge in [0.25, 0.3) is 0 Å². The first kappa shape index (κ1) is 11.2. The van der Waals surface area contributed by atoms with Gasteiger partial charge in [-0.2, -0.15) is 0 Å². The summed E-state index contributed by atoms with van der Waals surface area (Å²) in [7, 11) is 0.